The first-order valence-corrected chi connectivity index (χ1v) is 7.64. The number of nitrogens with zero attached hydrogens (tertiary/aromatic N) is 3. The average molecular weight is 332 g/mol. The van der Waals surface area contributed by atoms with Crippen molar-refractivity contribution < 1.29 is 9.85 Å². The molecule has 0 heterocycles. The van der Waals surface area contributed by atoms with Gasteiger partial charge in [-0.2, -0.15) is 5.10 Å². The molecule has 0 aromatic heterocycles. The molecule has 1 aromatic rings. The van der Waals surface area contributed by atoms with E-state index in [2.05, 4.69) is 36.5 Å². The van der Waals surface area contributed by atoms with Gasteiger partial charge < -0.3 is 0 Å². The highest BCUT2D eigenvalue weighted by Crippen LogP contribution is 2.39. The fourth-order valence-electron chi connectivity index (χ4n) is 2.75. The maximum absolute atomic E-state index is 11.1. The Kier molecular flexibility index (Phi) is 4.96. The second-order valence-electron chi connectivity index (χ2n) is 6.25. The van der Waals surface area contributed by atoms with Crippen LogP contribution in [-0.4, -0.2) is 15.6 Å². The maximum Gasteiger partial charge on any atom is 0.301 e. The highest BCUT2D eigenvalue weighted by molar-refractivity contribution is 5.89. The van der Waals surface area contributed by atoms with Crippen LogP contribution in [0.15, 0.2) is 35.5 Å². The van der Waals surface area contributed by atoms with Gasteiger partial charge in [-0.1, -0.05) is 26.0 Å². The first-order chi connectivity index (χ1) is 11.3. The minimum absolute atomic E-state index is 0.128. The third kappa shape index (κ3) is 3.42. The highest BCUT2D eigenvalue weighted by atomic mass is 16.6. The van der Waals surface area contributed by atoms with Gasteiger partial charge in [0, 0.05) is 17.2 Å². The molecular formula is C16H20N4O4. The molecule has 0 saturated heterocycles. The second-order valence-corrected chi connectivity index (χ2v) is 6.25. The third-order valence-corrected chi connectivity index (χ3v) is 4.85. The lowest BCUT2D eigenvalue weighted by molar-refractivity contribution is -0.393. The molecule has 0 fully saturated rings. The first-order valence-electron chi connectivity index (χ1n) is 7.64. The predicted molar refractivity (Wildman–Crippen MR) is 92.1 cm³/mol. The first kappa shape index (κ1) is 17.6. The van der Waals surface area contributed by atoms with Crippen LogP contribution in [0.5, 0.6) is 0 Å². The van der Waals surface area contributed by atoms with Gasteiger partial charge in [0.2, 0.25) is 0 Å². The minimum atomic E-state index is -0.664. The van der Waals surface area contributed by atoms with Crippen molar-refractivity contribution in [3.8, 4) is 0 Å². The standard InChI is InChI=1S/C16H20N4O4/c1-11-6-4-5-9-16(11,3)12(2)17-18-14-8-7-13(19(21)22)10-15(14)20(23)24/h4-5,7-8,10-11,18H,6,9H2,1-3H3/b17-12-/t11-,16+/m0/s1. The quantitative estimate of drug-likeness (QED) is 0.374. The number of hydrogen-bond acceptors (Lipinski definition) is 6. The molecule has 1 N–H and O–H groups in total. The van der Waals surface area contributed by atoms with Crippen molar-refractivity contribution >= 4 is 22.8 Å². The van der Waals surface area contributed by atoms with Crippen LogP contribution in [0.25, 0.3) is 0 Å². The van der Waals surface area contributed by atoms with E-state index in [9.17, 15) is 20.2 Å². The van der Waals surface area contributed by atoms with Gasteiger partial charge >= 0.3 is 5.69 Å². The Morgan fingerprint density at radius 1 is 1.29 bits per heavy atom. The van der Waals surface area contributed by atoms with E-state index in [4.69, 9.17) is 0 Å². The number of benzene rings is 1. The van der Waals surface area contributed by atoms with E-state index >= 15 is 0 Å². The molecule has 0 radical (unpaired) electrons. The second kappa shape index (κ2) is 6.77. The van der Waals surface area contributed by atoms with Crippen molar-refractivity contribution in [3.63, 3.8) is 0 Å². The molecule has 128 valence electrons. The Labute approximate surface area is 139 Å². The van der Waals surface area contributed by atoms with Gasteiger partial charge in [0.25, 0.3) is 5.69 Å². The van der Waals surface area contributed by atoms with Crippen LogP contribution in [0.4, 0.5) is 17.1 Å². The molecule has 1 aromatic carbocycles. The fourth-order valence-corrected chi connectivity index (χ4v) is 2.75. The summed E-state index contributed by atoms with van der Waals surface area (Å²) in [5.74, 6) is 0.403. The van der Waals surface area contributed by atoms with Gasteiger partial charge in [0.15, 0.2) is 0 Å². The van der Waals surface area contributed by atoms with E-state index in [1.165, 1.54) is 12.1 Å². The van der Waals surface area contributed by atoms with Crippen molar-refractivity contribution in [1.29, 1.82) is 0 Å². The van der Waals surface area contributed by atoms with Gasteiger partial charge in [0.1, 0.15) is 5.69 Å². The van der Waals surface area contributed by atoms with E-state index in [0.717, 1.165) is 24.6 Å². The average Bonchev–Trinajstić information content (AvgIpc) is 2.54. The van der Waals surface area contributed by atoms with Gasteiger partial charge in [-0.25, -0.2) is 0 Å². The SMILES string of the molecule is C/C(=N/Nc1ccc([N+](=O)[O-])cc1[N+](=O)[O-])[C@]1(C)CC=CC[C@@H]1C. The minimum Gasteiger partial charge on any atom is -0.272 e. The van der Waals surface area contributed by atoms with E-state index in [1.807, 2.05) is 6.92 Å². The lowest BCUT2D eigenvalue weighted by Gasteiger charge is -2.37. The van der Waals surface area contributed by atoms with Crippen molar-refractivity contribution in [2.45, 2.75) is 33.6 Å². The summed E-state index contributed by atoms with van der Waals surface area (Å²) in [6, 6.07) is 3.45. The van der Waals surface area contributed by atoms with E-state index < -0.39 is 9.85 Å². The highest BCUT2D eigenvalue weighted by Gasteiger charge is 2.34. The van der Waals surface area contributed by atoms with Crippen LogP contribution >= 0.6 is 0 Å². The fraction of sp³-hybridized carbons (Fsp3) is 0.438. The molecule has 8 heteroatoms. The molecule has 2 atom stereocenters. The molecule has 0 spiro atoms. The summed E-state index contributed by atoms with van der Waals surface area (Å²) < 4.78 is 0. The summed E-state index contributed by atoms with van der Waals surface area (Å²) in [6.07, 6.45) is 6.08. The zero-order chi connectivity index (χ0) is 17.9. The number of nitrogens with one attached hydrogen (secondary N) is 1. The molecule has 0 unspecified atom stereocenters. The van der Waals surface area contributed by atoms with E-state index in [1.54, 1.807) is 0 Å². The Morgan fingerprint density at radius 2 is 2.00 bits per heavy atom. The summed E-state index contributed by atoms with van der Waals surface area (Å²) in [5.41, 5.74) is 2.85. The molecule has 24 heavy (non-hydrogen) atoms. The summed E-state index contributed by atoms with van der Waals surface area (Å²) in [4.78, 5) is 20.6. The monoisotopic (exact) mass is 332 g/mol. The van der Waals surface area contributed by atoms with Crippen LogP contribution in [0.1, 0.15) is 33.6 Å². The molecule has 8 nitrogen and oxygen atoms in total. The summed E-state index contributed by atoms with van der Waals surface area (Å²) in [7, 11) is 0. The zero-order valence-corrected chi connectivity index (χ0v) is 13.9. The Hall–Kier alpha value is -2.77. The zero-order valence-electron chi connectivity index (χ0n) is 13.9. The number of non-ortho nitro benzene ring substituents is 1. The molecule has 1 aliphatic rings. The largest absolute Gasteiger partial charge is 0.301 e. The number of rotatable bonds is 5. The van der Waals surface area contributed by atoms with Crippen molar-refractivity contribution in [2.24, 2.45) is 16.4 Å². The van der Waals surface area contributed by atoms with Crippen LogP contribution in [0.3, 0.4) is 0 Å². The van der Waals surface area contributed by atoms with Crippen LogP contribution in [0.2, 0.25) is 0 Å². The van der Waals surface area contributed by atoms with Crippen molar-refractivity contribution in [3.05, 3.63) is 50.6 Å². The van der Waals surface area contributed by atoms with E-state index in [0.29, 0.717) is 5.92 Å². The van der Waals surface area contributed by atoms with Gasteiger partial charge in [-0.15, -0.1) is 0 Å². The van der Waals surface area contributed by atoms with Gasteiger partial charge in [0.05, 0.1) is 15.9 Å². The maximum atomic E-state index is 11.1. The molecule has 0 amide bonds. The third-order valence-electron chi connectivity index (χ3n) is 4.85. The molecular weight excluding hydrogens is 312 g/mol. The van der Waals surface area contributed by atoms with Crippen LogP contribution < -0.4 is 5.43 Å². The van der Waals surface area contributed by atoms with E-state index in [-0.39, 0.29) is 22.5 Å². The summed E-state index contributed by atoms with van der Waals surface area (Å²) in [5, 5.41) is 26.2. The summed E-state index contributed by atoms with van der Waals surface area (Å²) >= 11 is 0. The van der Waals surface area contributed by atoms with Crippen molar-refractivity contribution in [2.75, 3.05) is 5.43 Å². The number of nitro benzene ring substituents is 2. The Morgan fingerprint density at radius 3 is 2.58 bits per heavy atom. The molecule has 2 rings (SSSR count). The lowest BCUT2D eigenvalue weighted by atomic mass is 9.68. The van der Waals surface area contributed by atoms with Gasteiger partial charge in [-0.3, -0.25) is 25.7 Å². The predicted octanol–water partition coefficient (Wildman–Crippen LogP) is 4.28. The van der Waals surface area contributed by atoms with Crippen LogP contribution in [-0.2, 0) is 0 Å². The number of nitro groups is 2. The number of allylic oxidation sites excluding steroid dienone is 2. The smallest absolute Gasteiger partial charge is 0.272 e. The number of hydrogen-bond donors (Lipinski definition) is 1. The lowest BCUT2D eigenvalue weighted by Crippen LogP contribution is -2.34. The number of hydrazone groups is 1. The normalized spacial score (nSPS) is 23.8. The Balaban J connectivity index is 2.29. The number of anilines is 1. The Bertz CT molecular complexity index is 729. The van der Waals surface area contributed by atoms with Crippen molar-refractivity contribution in [1.82, 2.24) is 0 Å². The molecule has 0 aliphatic heterocycles. The summed E-state index contributed by atoms with van der Waals surface area (Å²) in [6.45, 7) is 6.16. The van der Waals surface area contributed by atoms with Crippen LogP contribution in [0, 0.1) is 31.6 Å². The molecule has 1 aliphatic carbocycles. The van der Waals surface area contributed by atoms with Gasteiger partial charge in [-0.05, 0) is 31.7 Å². The molecule has 0 saturated carbocycles. The topological polar surface area (TPSA) is 111 Å². The molecule has 0 bridgehead atoms.